The lowest BCUT2D eigenvalue weighted by molar-refractivity contribution is -0.146. The third kappa shape index (κ3) is 3.25. The third-order valence-electron chi connectivity index (χ3n) is 4.34. The second-order valence-electron chi connectivity index (χ2n) is 5.93. The van der Waals surface area contributed by atoms with Crippen LogP contribution < -0.4 is 5.32 Å². The second-order valence-corrected chi connectivity index (χ2v) is 5.93. The Bertz CT molecular complexity index is 528. The molecule has 0 radical (unpaired) electrons. The molecule has 6 heteroatoms. The fourth-order valence-electron chi connectivity index (χ4n) is 2.86. The van der Waals surface area contributed by atoms with Crippen LogP contribution in [0.3, 0.4) is 0 Å². The van der Waals surface area contributed by atoms with Crippen molar-refractivity contribution in [3.63, 3.8) is 0 Å². The number of aromatic nitrogens is 1. The van der Waals surface area contributed by atoms with E-state index in [0.29, 0.717) is 11.6 Å². The number of rotatable bonds is 4. The first-order valence-corrected chi connectivity index (χ1v) is 7.52. The summed E-state index contributed by atoms with van der Waals surface area (Å²) in [6.45, 7) is 0. The summed E-state index contributed by atoms with van der Waals surface area (Å²) in [6.07, 6.45) is 5.33. The van der Waals surface area contributed by atoms with Gasteiger partial charge in [0.1, 0.15) is 5.76 Å². The standard InChI is InChI=1S/C15H20N2O4/c1-20-15(19)10-4-6-11(7-5-10)16-14(18)12-8-13(21-17-12)9-2-3-9/h8-11H,2-7H2,1H3,(H,16,18). The number of methoxy groups -OCH3 is 1. The van der Waals surface area contributed by atoms with Crippen molar-refractivity contribution in [1.82, 2.24) is 10.5 Å². The van der Waals surface area contributed by atoms with Crippen molar-refractivity contribution in [3.05, 3.63) is 17.5 Å². The summed E-state index contributed by atoms with van der Waals surface area (Å²) >= 11 is 0. The Balaban J connectivity index is 1.50. The van der Waals surface area contributed by atoms with Crippen LogP contribution in [0.2, 0.25) is 0 Å². The number of hydrogen-bond acceptors (Lipinski definition) is 5. The van der Waals surface area contributed by atoms with Crippen LogP contribution in [0.25, 0.3) is 0 Å². The van der Waals surface area contributed by atoms with Gasteiger partial charge >= 0.3 is 5.97 Å². The molecular formula is C15H20N2O4. The summed E-state index contributed by atoms with van der Waals surface area (Å²) in [5, 5.41) is 6.81. The highest BCUT2D eigenvalue weighted by Crippen LogP contribution is 2.40. The van der Waals surface area contributed by atoms with Crippen LogP contribution in [0, 0.1) is 5.92 Å². The van der Waals surface area contributed by atoms with Crippen molar-refractivity contribution in [2.75, 3.05) is 7.11 Å². The maximum Gasteiger partial charge on any atom is 0.308 e. The molecule has 1 N–H and O–H groups in total. The number of amides is 1. The van der Waals surface area contributed by atoms with Gasteiger partial charge in [-0.3, -0.25) is 9.59 Å². The molecule has 0 unspecified atom stereocenters. The van der Waals surface area contributed by atoms with E-state index in [4.69, 9.17) is 9.26 Å². The molecule has 6 nitrogen and oxygen atoms in total. The minimum atomic E-state index is -0.188. The quantitative estimate of drug-likeness (QED) is 0.858. The molecule has 2 aliphatic carbocycles. The number of nitrogens with one attached hydrogen (secondary N) is 1. The van der Waals surface area contributed by atoms with Gasteiger partial charge in [0.15, 0.2) is 5.69 Å². The molecule has 21 heavy (non-hydrogen) atoms. The highest BCUT2D eigenvalue weighted by Gasteiger charge is 2.30. The third-order valence-corrected chi connectivity index (χ3v) is 4.34. The van der Waals surface area contributed by atoms with Crippen LogP contribution >= 0.6 is 0 Å². The monoisotopic (exact) mass is 292 g/mol. The first kappa shape index (κ1) is 14.1. The molecule has 1 heterocycles. The largest absolute Gasteiger partial charge is 0.469 e. The zero-order valence-electron chi connectivity index (χ0n) is 12.1. The van der Waals surface area contributed by atoms with E-state index in [0.717, 1.165) is 44.3 Å². The fourth-order valence-corrected chi connectivity index (χ4v) is 2.86. The fraction of sp³-hybridized carbons (Fsp3) is 0.667. The van der Waals surface area contributed by atoms with Crippen LogP contribution in [0.4, 0.5) is 0 Å². The smallest absolute Gasteiger partial charge is 0.308 e. The highest BCUT2D eigenvalue weighted by molar-refractivity contribution is 5.92. The average molecular weight is 292 g/mol. The van der Waals surface area contributed by atoms with E-state index in [1.54, 1.807) is 6.07 Å². The van der Waals surface area contributed by atoms with E-state index in [1.165, 1.54) is 7.11 Å². The Morgan fingerprint density at radius 1 is 1.24 bits per heavy atom. The number of ether oxygens (including phenoxy) is 1. The lowest BCUT2D eigenvalue weighted by Crippen LogP contribution is -2.39. The van der Waals surface area contributed by atoms with E-state index in [-0.39, 0.29) is 23.8 Å². The zero-order valence-corrected chi connectivity index (χ0v) is 12.1. The summed E-state index contributed by atoms with van der Waals surface area (Å²) < 4.78 is 9.95. The first-order chi connectivity index (χ1) is 10.2. The maximum absolute atomic E-state index is 12.1. The van der Waals surface area contributed by atoms with Crippen LogP contribution in [-0.4, -0.2) is 30.2 Å². The molecule has 2 fully saturated rings. The molecule has 3 rings (SSSR count). The van der Waals surface area contributed by atoms with Gasteiger partial charge in [-0.1, -0.05) is 5.16 Å². The minimum Gasteiger partial charge on any atom is -0.469 e. The summed E-state index contributed by atoms with van der Waals surface area (Å²) in [4.78, 5) is 23.6. The molecule has 0 aliphatic heterocycles. The predicted octanol–water partition coefficient (Wildman–Crippen LogP) is 2.01. The molecule has 2 saturated carbocycles. The number of nitrogens with zero attached hydrogens (tertiary/aromatic N) is 1. The van der Waals surface area contributed by atoms with Crippen LogP contribution in [0.15, 0.2) is 10.6 Å². The summed E-state index contributed by atoms with van der Waals surface area (Å²) in [5.41, 5.74) is 0.354. The van der Waals surface area contributed by atoms with Gasteiger partial charge in [-0.05, 0) is 38.5 Å². The van der Waals surface area contributed by atoms with E-state index < -0.39 is 0 Å². The van der Waals surface area contributed by atoms with Gasteiger partial charge in [0.2, 0.25) is 0 Å². The van der Waals surface area contributed by atoms with Crippen molar-refractivity contribution in [3.8, 4) is 0 Å². The van der Waals surface area contributed by atoms with Crippen molar-refractivity contribution < 1.29 is 18.8 Å². The van der Waals surface area contributed by atoms with Crippen LogP contribution in [0.5, 0.6) is 0 Å². The maximum atomic E-state index is 12.1. The highest BCUT2D eigenvalue weighted by atomic mass is 16.5. The molecule has 0 saturated heterocycles. The zero-order chi connectivity index (χ0) is 14.8. The Hall–Kier alpha value is -1.85. The lowest BCUT2D eigenvalue weighted by atomic mass is 9.86. The molecule has 0 atom stereocenters. The SMILES string of the molecule is COC(=O)C1CCC(NC(=O)c2cc(C3CC3)on2)CC1. The number of hydrogen-bond donors (Lipinski definition) is 1. The second kappa shape index (κ2) is 5.87. The Labute approximate surface area is 123 Å². The topological polar surface area (TPSA) is 81.4 Å². The minimum absolute atomic E-state index is 0.0309. The molecule has 1 aromatic heterocycles. The van der Waals surface area contributed by atoms with Crippen LogP contribution in [-0.2, 0) is 9.53 Å². The lowest BCUT2D eigenvalue weighted by Gasteiger charge is -2.27. The molecule has 2 aliphatic rings. The van der Waals surface area contributed by atoms with Gasteiger partial charge in [-0.25, -0.2) is 0 Å². The molecule has 0 bridgehead atoms. The summed E-state index contributed by atoms with van der Waals surface area (Å²) in [7, 11) is 1.41. The van der Waals surface area contributed by atoms with E-state index in [2.05, 4.69) is 10.5 Å². The summed E-state index contributed by atoms with van der Waals surface area (Å²) in [5.74, 6) is 0.901. The van der Waals surface area contributed by atoms with Crippen LogP contribution in [0.1, 0.15) is 60.7 Å². The van der Waals surface area contributed by atoms with Gasteiger partial charge in [-0.15, -0.1) is 0 Å². The van der Waals surface area contributed by atoms with E-state index in [1.807, 2.05) is 0 Å². The normalized spacial score (nSPS) is 25.4. The molecule has 0 spiro atoms. The van der Waals surface area contributed by atoms with Crippen molar-refractivity contribution in [2.45, 2.75) is 50.5 Å². The first-order valence-electron chi connectivity index (χ1n) is 7.52. The molecule has 114 valence electrons. The molecule has 1 amide bonds. The summed E-state index contributed by atoms with van der Waals surface area (Å²) in [6, 6.07) is 1.84. The number of esters is 1. The molecular weight excluding hydrogens is 272 g/mol. The van der Waals surface area contributed by atoms with Gasteiger partial charge in [0, 0.05) is 18.0 Å². The van der Waals surface area contributed by atoms with E-state index in [9.17, 15) is 9.59 Å². The number of carbonyl (C=O) groups is 2. The molecule has 1 aromatic rings. The average Bonchev–Trinajstić information content (AvgIpc) is 3.24. The van der Waals surface area contributed by atoms with Gasteiger partial charge < -0.3 is 14.6 Å². The van der Waals surface area contributed by atoms with Gasteiger partial charge in [0.05, 0.1) is 13.0 Å². The van der Waals surface area contributed by atoms with Crippen molar-refractivity contribution >= 4 is 11.9 Å². The Morgan fingerprint density at radius 2 is 1.95 bits per heavy atom. The van der Waals surface area contributed by atoms with E-state index >= 15 is 0 Å². The van der Waals surface area contributed by atoms with Gasteiger partial charge in [-0.2, -0.15) is 0 Å². The predicted molar refractivity (Wildman–Crippen MR) is 73.7 cm³/mol. The van der Waals surface area contributed by atoms with Crippen molar-refractivity contribution in [1.29, 1.82) is 0 Å². The van der Waals surface area contributed by atoms with Gasteiger partial charge in [0.25, 0.3) is 5.91 Å². The Kier molecular flexibility index (Phi) is 3.94. The van der Waals surface area contributed by atoms with Crippen molar-refractivity contribution in [2.24, 2.45) is 5.92 Å². The Morgan fingerprint density at radius 3 is 2.57 bits per heavy atom. The number of carbonyl (C=O) groups excluding carboxylic acids is 2. The molecule has 0 aromatic carbocycles.